The number of nitrogens with one attached hydrogen (secondary N) is 1. The van der Waals surface area contributed by atoms with Gasteiger partial charge in [0.15, 0.2) is 0 Å². The van der Waals surface area contributed by atoms with Gasteiger partial charge in [-0.05, 0) is 49.1 Å². The Morgan fingerprint density at radius 3 is 2.50 bits per heavy atom. The smallest absolute Gasteiger partial charge is 0.267 e. The average Bonchev–Trinajstić information content (AvgIpc) is 2.61. The van der Waals surface area contributed by atoms with Crippen LogP contribution in [0.2, 0.25) is 0 Å². The van der Waals surface area contributed by atoms with Gasteiger partial charge < -0.3 is 0 Å². The van der Waals surface area contributed by atoms with Crippen LogP contribution < -0.4 is 5.43 Å². The minimum Gasteiger partial charge on any atom is -0.267 e. The molecule has 3 rings (SSSR count). The summed E-state index contributed by atoms with van der Waals surface area (Å²) in [5.41, 5.74) is 8.07. The first-order valence-corrected chi connectivity index (χ1v) is 8.75. The van der Waals surface area contributed by atoms with E-state index in [1.165, 1.54) is 5.56 Å². The maximum absolute atomic E-state index is 12.5. The summed E-state index contributed by atoms with van der Waals surface area (Å²) < 4.78 is 0. The molecular formula is C22H23N3O. The van der Waals surface area contributed by atoms with Crippen molar-refractivity contribution in [2.45, 2.75) is 33.6 Å². The van der Waals surface area contributed by atoms with Crippen LogP contribution in [0.3, 0.4) is 0 Å². The minimum atomic E-state index is -0.256. The first kappa shape index (κ1) is 17.8. The Morgan fingerprint density at radius 1 is 1.08 bits per heavy atom. The van der Waals surface area contributed by atoms with E-state index in [0.29, 0.717) is 17.2 Å². The Morgan fingerprint density at radius 2 is 1.81 bits per heavy atom. The lowest BCUT2D eigenvalue weighted by atomic mass is 10.0. The topological polar surface area (TPSA) is 54.4 Å². The first-order chi connectivity index (χ1) is 12.4. The van der Waals surface area contributed by atoms with Gasteiger partial charge in [0.2, 0.25) is 0 Å². The fourth-order valence-electron chi connectivity index (χ4n) is 2.81. The Hall–Kier alpha value is -3.01. The van der Waals surface area contributed by atoms with Crippen LogP contribution in [0.4, 0.5) is 0 Å². The van der Waals surface area contributed by atoms with E-state index in [1.54, 1.807) is 6.21 Å². The molecule has 0 aliphatic rings. The molecule has 2 aromatic carbocycles. The molecular weight excluding hydrogens is 322 g/mol. The van der Waals surface area contributed by atoms with Crippen LogP contribution in [0.5, 0.6) is 0 Å². The van der Waals surface area contributed by atoms with E-state index in [-0.39, 0.29) is 5.91 Å². The summed E-state index contributed by atoms with van der Waals surface area (Å²) in [6.45, 7) is 8.17. The number of aryl methyl sites for hydroxylation is 2. The minimum absolute atomic E-state index is 0.256. The van der Waals surface area contributed by atoms with Gasteiger partial charge in [0.1, 0.15) is 0 Å². The van der Waals surface area contributed by atoms with Crippen molar-refractivity contribution in [2.24, 2.45) is 5.10 Å². The van der Waals surface area contributed by atoms with Gasteiger partial charge in [-0.1, -0.05) is 49.7 Å². The summed E-state index contributed by atoms with van der Waals surface area (Å²) in [6.07, 6.45) is 1.65. The average molecular weight is 345 g/mol. The third-order valence-corrected chi connectivity index (χ3v) is 4.39. The summed E-state index contributed by atoms with van der Waals surface area (Å²) in [6, 6.07) is 16.0. The number of carbonyl (C=O) groups is 1. The number of pyridine rings is 1. The fourth-order valence-corrected chi connectivity index (χ4v) is 2.81. The maximum atomic E-state index is 12.5. The Bertz CT molecular complexity index is 973. The van der Waals surface area contributed by atoms with Gasteiger partial charge in [-0.2, -0.15) is 5.10 Å². The maximum Gasteiger partial charge on any atom is 0.273 e. The van der Waals surface area contributed by atoms with E-state index in [2.05, 4.69) is 41.5 Å². The monoisotopic (exact) mass is 345 g/mol. The second kappa shape index (κ2) is 7.48. The van der Waals surface area contributed by atoms with Crippen LogP contribution >= 0.6 is 0 Å². The summed E-state index contributed by atoms with van der Waals surface area (Å²) >= 11 is 0. The van der Waals surface area contributed by atoms with E-state index in [4.69, 9.17) is 0 Å². The third-order valence-electron chi connectivity index (χ3n) is 4.39. The number of nitrogens with zero attached hydrogens (tertiary/aromatic N) is 2. The summed E-state index contributed by atoms with van der Waals surface area (Å²) in [4.78, 5) is 17.0. The predicted octanol–water partition coefficient (Wildman–Crippen LogP) is 4.74. The van der Waals surface area contributed by atoms with Crippen molar-refractivity contribution in [1.82, 2.24) is 10.4 Å². The number of carbonyl (C=O) groups excluding carboxylic acids is 1. The molecule has 0 radical (unpaired) electrons. The van der Waals surface area contributed by atoms with Crippen molar-refractivity contribution in [3.63, 3.8) is 0 Å². The van der Waals surface area contributed by atoms with E-state index in [9.17, 15) is 4.79 Å². The van der Waals surface area contributed by atoms with Gasteiger partial charge in [-0.3, -0.25) is 9.78 Å². The summed E-state index contributed by atoms with van der Waals surface area (Å²) in [5.74, 6) is 0.237. The van der Waals surface area contributed by atoms with E-state index in [1.807, 2.05) is 50.2 Å². The van der Waals surface area contributed by atoms with Crippen LogP contribution in [0.15, 0.2) is 53.6 Å². The number of hydrogen-bond donors (Lipinski definition) is 1. The molecule has 0 aliphatic heterocycles. The highest BCUT2D eigenvalue weighted by molar-refractivity contribution is 5.99. The molecule has 0 spiro atoms. The molecule has 132 valence electrons. The van der Waals surface area contributed by atoms with Crippen LogP contribution in [0.1, 0.15) is 52.5 Å². The number of amides is 1. The molecule has 4 heteroatoms. The molecule has 0 saturated heterocycles. The highest BCUT2D eigenvalue weighted by Gasteiger charge is 2.11. The highest BCUT2D eigenvalue weighted by atomic mass is 16.2. The van der Waals surface area contributed by atoms with Gasteiger partial charge >= 0.3 is 0 Å². The van der Waals surface area contributed by atoms with Gasteiger partial charge in [0.25, 0.3) is 5.91 Å². The molecule has 0 unspecified atom stereocenters. The van der Waals surface area contributed by atoms with Crippen molar-refractivity contribution < 1.29 is 4.79 Å². The molecule has 26 heavy (non-hydrogen) atoms. The SMILES string of the molecule is Cc1ccc2nc(C)c(C(=O)N/N=C/c3ccc(C(C)C)cc3)cc2c1. The van der Waals surface area contributed by atoms with E-state index in [0.717, 1.165) is 22.0 Å². The molecule has 0 saturated carbocycles. The van der Waals surface area contributed by atoms with E-state index >= 15 is 0 Å². The van der Waals surface area contributed by atoms with Crippen LogP contribution in [-0.2, 0) is 0 Å². The summed E-state index contributed by atoms with van der Waals surface area (Å²) in [5, 5.41) is 5.03. The Kier molecular flexibility index (Phi) is 5.12. The quantitative estimate of drug-likeness (QED) is 0.548. The number of aromatic nitrogens is 1. The number of benzene rings is 2. The van der Waals surface area contributed by atoms with Gasteiger partial charge in [0, 0.05) is 5.39 Å². The number of hydrazone groups is 1. The molecule has 4 nitrogen and oxygen atoms in total. The van der Waals surface area contributed by atoms with Crippen LogP contribution in [-0.4, -0.2) is 17.1 Å². The second-order valence-electron chi connectivity index (χ2n) is 6.84. The highest BCUT2D eigenvalue weighted by Crippen LogP contribution is 2.18. The zero-order valence-electron chi connectivity index (χ0n) is 15.6. The Balaban J connectivity index is 1.75. The summed E-state index contributed by atoms with van der Waals surface area (Å²) in [7, 11) is 0. The number of fused-ring (bicyclic) bond motifs is 1. The van der Waals surface area contributed by atoms with Crippen molar-refractivity contribution in [3.8, 4) is 0 Å². The molecule has 1 N–H and O–H groups in total. The molecule has 0 atom stereocenters. The molecule has 0 bridgehead atoms. The lowest BCUT2D eigenvalue weighted by Gasteiger charge is -2.07. The lowest BCUT2D eigenvalue weighted by molar-refractivity contribution is 0.0954. The molecule has 1 amide bonds. The first-order valence-electron chi connectivity index (χ1n) is 8.75. The standard InChI is InChI=1S/C22H23N3O/c1-14(2)18-8-6-17(7-9-18)13-23-25-22(26)20-12-19-11-15(3)5-10-21(19)24-16(20)4/h5-14H,1-4H3,(H,25,26)/b23-13+. The number of hydrogen-bond acceptors (Lipinski definition) is 3. The zero-order valence-corrected chi connectivity index (χ0v) is 15.6. The molecule has 3 aromatic rings. The molecule has 1 heterocycles. The molecule has 0 fully saturated rings. The predicted molar refractivity (Wildman–Crippen MR) is 107 cm³/mol. The lowest BCUT2D eigenvalue weighted by Crippen LogP contribution is -2.19. The second-order valence-corrected chi connectivity index (χ2v) is 6.84. The normalized spacial score (nSPS) is 11.4. The number of rotatable bonds is 4. The van der Waals surface area contributed by atoms with Crippen molar-refractivity contribution in [2.75, 3.05) is 0 Å². The molecule has 1 aromatic heterocycles. The van der Waals surface area contributed by atoms with Crippen molar-refractivity contribution in [1.29, 1.82) is 0 Å². The van der Waals surface area contributed by atoms with Gasteiger partial charge in [-0.25, -0.2) is 5.43 Å². The van der Waals surface area contributed by atoms with Crippen LogP contribution in [0.25, 0.3) is 10.9 Å². The van der Waals surface area contributed by atoms with Gasteiger partial charge in [-0.15, -0.1) is 0 Å². The fraction of sp³-hybridized carbons (Fsp3) is 0.227. The van der Waals surface area contributed by atoms with Crippen molar-refractivity contribution in [3.05, 3.63) is 76.5 Å². The Labute approximate surface area is 154 Å². The van der Waals surface area contributed by atoms with Crippen molar-refractivity contribution >= 4 is 23.0 Å². The third kappa shape index (κ3) is 3.97. The van der Waals surface area contributed by atoms with Gasteiger partial charge in [0.05, 0.1) is 23.0 Å². The zero-order chi connectivity index (χ0) is 18.7. The van der Waals surface area contributed by atoms with Crippen LogP contribution in [0, 0.1) is 13.8 Å². The largest absolute Gasteiger partial charge is 0.273 e. The molecule has 0 aliphatic carbocycles. The van der Waals surface area contributed by atoms with E-state index < -0.39 is 0 Å².